The van der Waals surface area contributed by atoms with Crippen LogP contribution in [0, 0.1) is 6.92 Å². The predicted octanol–water partition coefficient (Wildman–Crippen LogP) is 5.72. The predicted molar refractivity (Wildman–Crippen MR) is 156 cm³/mol. The summed E-state index contributed by atoms with van der Waals surface area (Å²) >= 11 is 6.01. The lowest BCUT2D eigenvalue weighted by Crippen LogP contribution is -2.40. The van der Waals surface area contributed by atoms with Gasteiger partial charge in [0, 0.05) is 30.8 Å². The molecule has 1 aromatic heterocycles. The third-order valence-corrected chi connectivity index (χ3v) is 5.77. The maximum absolute atomic E-state index is 13.0. The van der Waals surface area contributed by atoms with Crippen molar-refractivity contribution in [3.05, 3.63) is 121 Å². The van der Waals surface area contributed by atoms with E-state index in [4.69, 9.17) is 21.4 Å². The van der Waals surface area contributed by atoms with Crippen molar-refractivity contribution >= 4 is 23.3 Å². The summed E-state index contributed by atoms with van der Waals surface area (Å²) in [4.78, 5) is 30.6. The summed E-state index contributed by atoms with van der Waals surface area (Å²) in [6.45, 7) is 15.0. The van der Waals surface area contributed by atoms with E-state index in [9.17, 15) is 9.59 Å². The molecular weight excluding hydrogens is 502 g/mol. The smallest absolute Gasteiger partial charge is 0.332 e. The molecule has 0 aliphatic heterocycles. The summed E-state index contributed by atoms with van der Waals surface area (Å²) in [6, 6.07) is 7.52. The van der Waals surface area contributed by atoms with E-state index < -0.39 is 11.2 Å². The first kappa shape index (κ1) is 30.5. The lowest BCUT2D eigenvalue weighted by Gasteiger charge is -2.15. The number of hydrogen-bond acceptors (Lipinski definition) is 5. The van der Waals surface area contributed by atoms with Crippen molar-refractivity contribution in [2.75, 3.05) is 6.61 Å². The molecule has 0 aliphatic rings. The zero-order chi connectivity index (χ0) is 28.4. The van der Waals surface area contributed by atoms with Crippen molar-refractivity contribution in [3.63, 3.8) is 0 Å². The van der Waals surface area contributed by atoms with E-state index in [1.165, 1.54) is 4.57 Å². The lowest BCUT2D eigenvalue weighted by atomic mass is 10.1. The van der Waals surface area contributed by atoms with Gasteiger partial charge in [0.1, 0.15) is 11.6 Å². The van der Waals surface area contributed by atoms with Crippen LogP contribution in [0.2, 0.25) is 5.02 Å². The molecule has 2 aromatic rings. The molecule has 0 aliphatic carbocycles. The first-order valence-corrected chi connectivity index (χ1v) is 12.6. The first-order valence-electron chi connectivity index (χ1n) is 12.2. The van der Waals surface area contributed by atoms with Crippen molar-refractivity contribution in [2.45, 2.75) is 47.1 Å². The molecule has 0 bridgehead atoms. The number of ether oxygens (including phenoxy) is 1. The number of aliphatic imine (C=N–C) groups is 1. The van der Waals surface area contributed by atoms with E-state index in [2.05, 4.69) is 18.2 Å². The largest absolute Gasteiger partial charge is 0.439 e. The van der Waals surface area contributed by atoms with Gasteiger partial charge >= 0.3 is 5.69 Å². The molecule has 0 radical (unpaired) electrons. The second kappa shape index (κ2) is 14.3. The van der Waals surface area contributed by atoms with Crippen molar-refractivity contribution in [1.29, 1.82) is 0 Å². The number of rotatable bonds is 11. The summed E-state index contributed by atoms with van der Waals surface area (Å²) in [7, 11) is 1.55. The normalized spacial score (nSPS) is 12.8. The molecular formula is C30H36ClN3O4. The highest BCUT2D eigenvalue weighted by molar-refractivity contribution is 6.30. The summed E-state index contributed by atoms with van der Waals surface area (Å²) in [6.07, 6.45) is 8.18. The topological polar surface area (TPSA) is 85.8 Å². The second-order valence-corrected chi connectivity index (χ2v) is 9.57. The zero-order valence-electron chi connectivity index (χ0n) is 22.8. The van der Waals surface area contributed by atoms with Gasteiger partial charge in [0.25, 0.3) is 5.56 Å². The Bertz CT molecular complexity index is 1380. The van der Waals surface area contributed by atoms with Gasteiger partial charge in [-0.15, -0.1) is 0 Å². The fraction of sp³-hybridized carbons (Fsp3) is 0.300. The molecule has 0 amide bonds. The number of nitrogens with zero attached hydrogens (tertiary/aromatic N) is 3. The van der Waals surface area contributed by atoms with Crippen LogP contribution < -0.4 is 11.2 Å². The lowest BCUT2D eigenvalue weighted by molar-refractivity contribution is 0.277. The number of hydrogen-bond donors (Lipinski definition) is 1. The van der Waals surface area contributed by atoms with Crippen LogP contribution in [0.4, 0.5) is 5.82 Å². The average molecular weight is 538 g/mol. The Morgan fingerprint density at radius 2 is 1.76 bits per heavy atom. The monoisotopic (exact) mass is 537 g/mol. The van der Waals surface area contributed by atoms with Gasteiger partial charge in [-0.25, -0.2) is 4.79 Å². The number of allylic oxidation sites excluding steroid dienone is 6. The highest BCUT2D eigenvalue weighted by atomic mass is 35.5. The van der Waals surface area contributed by atoms with Crippen molar-refractivity contribution in [2.24, 2.45) is 12.0 Å². The van der Waals surface area contributed by atoms with E-state index >= 15 is 0 Å². The van der Waals surface area contributed by atoms with Crippen LogP contribution in [-0.2, 0) is 24.8 Å². The third-order valence-electron chi connectivity index (χ3n) is 5.51. The highest BCUT2D eigenvalue weighted by Gasteiger charge is 2.16. The number of aliphatic hydroxyl groups excluding tert-OH is 1. The molecule has 1 N–H and O–H groups in total. The fourth-order valence-corrected chi connectivity index (χ4v) is 3.58. The average Bonchev–Trinajstić information content (AvgIpc) is 2.87. The van der Waals surface area contributed by atoms with Crippen LogP contribution in [0.15, 0.2) is 98.8 Å². The van der Waals surface area contributed by atoms with Crippen LogP contribution in [0.1, 0.15) is 38.3 Å². The molecule has 0 saturated carbocycles. The minimum absolute atomic E-state index is 0.118. The molecule has 0 unspecified atom stereocenters. The van der Waals surface area contributed by atoms with Gasteiger partial charge in [0.05, 0.1) is 5.56 Å². The molecule has 1 aromatic carbocycles. The minimum atomic E-state index is -0.519. The molecule has 7 nitrogen and oxygen atoms in total. The summed E-state index contributed by atoms with van der Waals surface area (Å²) in [5.41, 5.74) is 2.66. The van der Waals surface area contributed by atoms with Crippen molar-refractivity contribution in [1.82, 2.24) is 9.13 Å². The molecule has 202 valence electrons. The zero-order valence-corrected chi connectivity index (χ0v) is 23.5. The van der Waals surface area contributed by atoms with Gasteiger partial charge in [-0.2, -0.15) is 4.99 Å². The van der Waals surface area contributed by atoms with Crippen LogP contribution in [0.3, 0.4) is 0 Å². The fourth-order valence-electron chi connectivity index (χ4n) is 3.45. The molecule has 38 heavy (non-hydrogen) atoms. The standard InChI is InChI=1S/C30H36ClN3O4/c1-20(2)9-16-26(19-21(3)4)38-28(22(5)10-11-24-12-14-25(31)15-13-24)32-27-23(6)29(36)34(17-8-18-35)30(37)33(27)7/h9-10,12-16,19,35H,1,3,8,11,17-18H2,2,4-7H3/b16-9-,22-10-,26-19+,32-28+. The van der Waals surface area contributed by atoms with Gasteiger partial charge in [-0.05, 0) is 70.4 Å². The maximum atomic E-state index is 13.0. The van der Waals surface area contributed by atoms with Crippen LogP contribution in [-0.4, -0.2) is 26.7 Å². The van der Waals surface area contributed by atoms with Gasteiger partial charge in [-0.1, -0.05) is 60.2 Å². The van der Waals surface area contributed by atoms with E-state index in [0.29, 0.717) is 34.8 Å². The van der Waals surface area contributed by atoms with Gasteiger partial charge < -0.3 is 9.84 Å². The SMILES string of the molecule is C=C(C)/C=C\C(=C/C(=C)C)OC(=N/c1c(C)c(=O)n(CCCO)c(=O)n1C)/C(C)=C\Cc1ccc(Cl)cc1. The van der Waals surface area contributed by atoms with Gasteiger partial charge in [0.15, 0.2) is 0 Å². The van der Waals surface area contributed by atoms with E-state index in [1.807, 2.05) is 57.2 Å². The van der Waals surface area contributed by atoms with E-state index in [0.717, 1.165) is 21.3 Å². The first-order chi connectivity index (χ1) is 17.9. The quantitative estimate of drug-likeness (QED) is 0.172. The van der Waals surface area contributed by atoms with Crippen molar-refractivity contribution in [3.8, 4) is 0 Å². The molecule has 2 rings (SSSR count). The van der Waals surface area contributed by atoms with Crippen LogP contribution >= 0.6 is 11.6 Å². The molecule has 0 fully saturated rings. The van der Waals surface area contributed by atoms with Crippen LogP contribution in [0.25, 0.3) is 0 Å². The third kappa shape index (κ3) is 8.71. The van der Waals surface area contributed by atoms with E-state index in [-0.39, 0.29) is 24.9 Å². The Hall–Kier alpha value is -3.68. The highest BCUT2D eigenvalue weighted by Crippen LogP contribution is 2.19. The molecule has 0 spiro atoms. The molecule has 8 heteroatoms. The van der Waals surface area contributed by atoms with Crippen molar-refractivity contribution < 1.29 is 9.84 Å². The van der Waals surface area contributed by atoms with Crippen LogP contribution in [0.5, 0.6) is 0 Å². The number of aliphatic hydroxyl groups is 1. The van der Waals surface area contributed by atoms with E-state index in [1.54, 1.807) is 26.1 Å². The second-order valence-electron chi connectivity index (χ2n) is 9.13. The van der Waals surface area contributed by atoms with Gasteiger partial charge in [-0.3, -0.25) is 13.9 Å². The molecule has 0 atom stereocenters. The molecule has 0 saturated heterocycles. The number of benzene rings is 1. The Morgan fingerprint density at radius 1 is 1.11 bits per heavy atom. The maximum Gasteiger partial charge on any atom is 0.332 e. The summed E-state index contributed by atoms with van der Waals surface area (Å²) in [5.74, 6) is 0.883. The Morgan fingerprint density at radius 3 is 2.34 bits per heavy atom. The Kier molecular flexibility index (Phi) is 11.5. The molecule has 1 heterocycles. The number of halogens is 1. The van der Waals surface area contributed by atoms with Gasteiger partial charge in [0.2, 0.25) is 5.90 Å². The number of aromatic nitrogens is 2. The Labute approximate surface area is 229 Å². The minimum Gasteiger partial charge on any atom is -0.439 e. The summed E-state index contributed by atoms with van der Waals surface area (Å²) < 4.78 is 8.67. The Balaban J connectivity index is 2.68. The summed E-state index contributed by atoms with van der Waals surface area (Å²) in [5, 5.41) is 9.81.